The molecule has 9 atom stereocenters. The molecule has 1 aliphatic carbocycles. The second kappa shape index (κ2) is 14.4. The van der Waals surface area contributed by atoms with Crippen LogP contribution in [0.4, 0.5) is 0 Å². The van der Waals surface area contributed by atoms with Gasteiger partial charge in [0.2, 0.25) is 5.91 Å². The van der Waals surface area contributed by atoms with Crippen LogP contribution in [-0.2, 0) is 23.7 Å². The molecule has 0 aromatic heterocycles. The highest BCUT2D eigenvalue weighted by molar-refractivity contribution is 7.80. The Kier molecular flexibility index (Phi) is 12.3. The molecule has 34 heavy (non-hydrogen) atoms. The highest BCUT2D eigenvalue weighted by atomic mass is 32.1. The van der Waals surface area contributed by atoms with Crippen molar-refractivity contribution in [2.24, 2.45) is 5.92 Å². The number of unbranched alkanes of at least 4 members (excludes halogenated alkanes) is 1. The number of hydrogen-bond donors (Lipinski definition) is 7. The Morgan fingerprint density at radius 3 is 2.47 bits per heavy atom. The van der Waals surface area contributed by atoms with E-state index in [9.17, 15) is 25.2 Å². The van der Waals surface area contributed by atoms with Gasteiger partial charge in [-0.2, -0.15) is 0 Å². The summed E-state index contributed by atoms with van der Waals surface area (Å²) in [6.07, 6.45) is -3.69. The number of aliphatic hydroxyl groups excluding tert-OH is 4. The predicted octanol–water partition coefficient (Wildman–Crippen LogP) is -2.40. The molecule has 2 fully saturated rings. The van der Waals surface area contributed by atoms with Crippen LogP contribution in [0.1, 0.15) is 26.2 Å². The molecular formula is C21H39N3O9S. The van der Waals surface area contributed by atoms with Gasteiger partial charge in [0.1, 0.15) is 30.5 Å². The van der Waals surface area contributed by atoms with Gasteiger partial charge in [-0.3, -0.25) is 4.79 Å². The molecule has 1 saturated carbocycles. The van der Waals surface area contributed by atoms with Crippen LogP contribution in [0.5, 0.6) is 0 Å². The molecule has 1 unspecified atom stereocenters. The summed E-state index contributed by atoms with van der Waals surface area (Å²) in [6.45, 7) is 2.08. The van der Waals surface area contributed by atoms with Gasteiger partial charge in [0.25, 0.3) is 0 Å². The Bertz CT molecular complexity index is 647. The summed E-state index contributed by atoms with van der Waals surface area (Å²) >= 11 is 5.36. The number of carbonyl (C=O) groups is 1. The Hall–Kier alpha value is -1.16. The Balaban J connectivity index is 1.71. The molecule has 1 saturated heterocycles. The zero-order valence-corrected chi connectivity index (χ0v) is 20.7. The second-order valence-corrected chi connectivity index (χ2v) is 9.07. The maximum atomic E-state index is 11.5. The van der Waals surface area contributed by atoms with E-state index in [0.29, 0.717) is 37.5 Å². The average Bonchev–Trinajstić information content (AvgIpc) is 3.08. The van der Waals surface area contributed by atoms with Gasteiger partial charge < -0.3 is 55.3 Å². The number of thiocarbonyl (C=S) groups is 1. The zero-order chi connectivity index (χ0) is 25.3. The number of ether oxygens (including phenoxy) is 4. The van der Waals surface area contributed by atoms with E-state index in [1.165, 1.54) is 6.92 Å². The van der Waals surface area contributed by atoms with Crippen molar-refractivity contribution in [2.45, 2.75) is 75.1 Å². The number of aliphatic hydroxyl groups is 4. The Morgan fingerprint density at radius 2 is 1.85 bits per heavy atom. The molecule has 12 nitrogen and oxygen atoms in total. The van der Waals surface area contributed by atoms with Crippen molar-refractivity contribution >= 4 is 23.2 Å². The highest BCUT2D eigenvalue weighted by Crippen LogP contribution is 2.29. The van der Waals surface area contributed by atoms with Gasteiger partial charge in [0, 0.05) is 40.2 Å². The number of methoxy groups -OCH3 is 2. The van der Waals surface area contributed by atoms with Crippen LogP contribution in [0.15, 0.2) is 0 Å². The first kappa shape index (κ1) is 29.1. The third-order valence-electron chi connectivity index (χ3n) is 6.13. The van der Waals surface area contributed by atoms with E-state index < -0.39 is 49.3 Å². The summed E-state index contributed by atoms with van der Waals surface area (Å²) in [5.41, 5.74) is 0. The van der Waals surface area contributed by atoms with Crippen LogP contribution in [0.3, 0.4) is 0 Å². The molecule has 1 aliphatic heterocycles. The van der Waals surface area contributed by atoms with Crippen molar-refractivity contribution in [3.05, 3.63) is 0 Å². The summed E-state index contributed by atoms with van der Waals surface area (Å²) in [7, 11) is 3.16. The number of amides is 1. The second-order valence-electron chi connectivity index (χ2n) is 8.66. The minimum absolute atomic E-state index is 0.0271. The maximum Gasteiger partial charge on any atom is 0.217 e. The number of rotatable bonds is 12. The minimum atomic E-state index is -1.34. The van der Waals surface area contributed by atoms with Crippen molar-refractivity contribution in [3.8, 4) is 0 Å². The molecular weight excluding hydrogens is 470 g/mol. The normalized spacial score (nSPS) is 35.7. The monoisotopic (exact) mass is 509 g/mol. The first-order valence-corrected chi connectivity index (χ1v) is 11.9. The fraction of sp³-hybridized carbons (Fsp3) is 0.905. The van der Waals surface area contributed by atoms with Crippen molar-refractivity contribution in [3.63, 3.8) is 0 Å². The quantitative estimate of drug-likeness (QED) is 0.110. The largest absolute Gasteiger partial charge is 0.394 e. The van der Waals surface area contributed by atoms with Crippen LogP contribution in [0.2, 0.25) is 0 Å². The van der Waals surface area contributed by atoms with Crippen molar-refractivity contribution in [2.75, 3.05) is 40.6 Å². The molecule has 198 valence electrons. The molecule has 7 N–H and O–H groups in total. The lowest BCUT2D eigenvalue weighted by atomic mass is 9.97. The number of nitrogens with one attached hydrogen (secondary N) is 3. The van der Waals surface area contributed by atoms with Gasteiger partial charge in [0.15, 0.2) is 11.4 Å². The molecule has 1 amide bonds. The van der Waals surface area contributed by atoms with Gasteiger partial charge in [-0.15, -0.1) is 0 Å². The number of hydrogen-bond acceptors (Lipinski definition) is 10. The van der Waals surface area contributed by atoms with Crippen LogP contribution < -0.4 is 16.0 Å². The van der Waals surface area contributed by atoms with E-state index in [2.05, 4.69) is 16.0 Å². The highest BCUT2D eigenvalue weighted by Gasteiger charge is 2.45. The molecule has 1 heterocycles. The standard InChI is InChI=1S/C21H39N3O9S/c1-11(26)23-15-18(29)17(28)14(9-25)33-20(15)32-7-5-4-6-22-21(34)24-13-8-12(10-30-2)16(27)19(13)31-3/h12-20,25,27-29H,4-10H2,1-3H3,(H,23,26)(H2,22,24,34)/t12-,13+,14-,15-,16?,17+,18-,19-,20-/m1/s1. The molecule has 0 bridgehead atoms. The predicted molar refractivity (Wildman–Crippen MR) is 125 cm³/mol. The first-order chi connectivity index (χ1) is 16.2. The topological polar surface area (TPSA) is 171 Å². The fourth-order valence-corrected chi connectivity index (χ4v) is 4.65. The minimum Gasteiger partial charge on any atom is -0.394 e. The van der Waals surface area contributed by atoms with Crippen LogP contribution in [-0.4, -0.2) is 121 Å². The van der Waals surface area contributed by atoms with Gasteiger partial charge in [-0.25, -0.2) is 0 Å². The van der Waals surface area contributed by atoms with Gasteiger partial charge in [-0.05, 0) is 31.5 Å². The Labute approximate surface area is 205 Å². The van der Waals surface area contributed by atoms with Crippen molar-refractivity contribution in [1.82, 2.24) is 16.0 Å². The molecule has 0 aromatic carbocycles. The molecule has 13 heteroatoms. The van der Waals surface area contributed by atoms with E-state index in [0.717, 1.165) is 0 Å². The van der Waals surface area contributed by atoms with E-state index >= 15 is 0 Å². The van der Waals surface area contributed by atoms with E-state index in [1.54, 1.807) is 14.2 Å². The molecule has 2 aliphatic rings. The summed E-state index contributed by atoms with van der Waals surface area (Å²) in [4.78, 5) is 11.5. The molecule has 0 spiro atoms. The SMILES string of the molecule is COC[C@H]1C[C@H](NC(=S)NCCCCO[C@@H]2O[C@H](CO)[C@H](O)[C@H](O)[C@H]2NC(C)=O)[C@@H](OC)C1O. The third kappa shape index (κ3) is 7.93. The summed E-state index contributed by atoms with van der Waals surface area (Å²) in [6, 6.07) is -1.08. The molecule has 0 aromatic rings. The van der Waals surface area contributed by atoms with Gasteiger partial charge in [0.05, 0.1) is 25.4 Å². The third-order valence-corrected chi connectivity index (χ3v) is 6.39. The van der Waals surface area contributed by atoms with Gasteiger partial charge in [-0.1, -0.05) is 0 Å². The van der Waals surface area contributed by atoms with E-state index in [4.69, 9.17) is 31.2 Å². The maximum absolute atomic E-state index is 11.5. The summed E-state index contributed by atoms with van der Waals surface area (Å²) in [5, 5.41) is 49.3. The smallest absolute Gasteiger partial charge is 0.217 e. The summed E-state index contributed by atoms with van der Waals surface area (Å²) in [5.74, 6) is -0.430. The van der Waals surface area contributed by atoms with Crippen molar-refractivity contribution in [1.29, 1.82) is 0 Å². The average molecular weight is 510 g/mol. The van der Waals surface area contributed by atoms with Crippen molar-refractivity contribution < 1.29 is 44.2 Å². The summed E-state index contributed by atoms with van der Waals surface area (Å²) < 4.78 is 21.8. The van der Waals surface area contributed by atoms with E-state index in [-0.39, 0.29) is 24.7 Å². The lowest BCUT2D eigenvalue weighted by Gasteiger charge is -2.42. The van der Waals surface area contributed by atoms with Crippen LogP contribution in [0, 0.1) is 5.92 Å². The lowest BCUT2D eigenvalue weighted by molar-refractivity contribution is -0.270. The zero-order valence-electron chi connectivity index (χ0n) is 19.9. The van der Waals surface area contributed by atoms with E-state index in [1.807, 2.05) is 0 Å². The number of carbonyl (C=O) groups excluding carboxylic acids is 1. The van der Waals surface area contributed by atoms with Gasteiger partial charge >= 0.3 is 0 Å². The van der Waals surface area contributed by atoms with Crippen LogP contribution >= 0.6 is 12.2 Å². The molecule has 2 rings (SSSR count). The first-order valence-electron chi connectivity index (χ1n) is 11.5. The molecule has 0 radical (unpaired) electrons. The lowest BCUT2D eigenvalue weighted by Crippen LogP contribution is -2.64. The van der Waals surface area contributed by atoms with Crippen LogP contribution in [0.25, 0.3) is 0 Å². The fourth-order valence-electron chi connectivity index (χ4n) is 4.39. The Morgan fingerprint density at radius 1 is 1.12 bits per heavy atom.